The average Bonchev–Trinajstić information content (AvgIpc) is 0. The standard InChI is InChI=1S/Al.Bi.Hf.7O.Zr/q2*+3;+4;7*-2;+4. The van der Waals surface area contributed by atoms with Crippen LogP contribution >= 0.6 is 0 Å². The molecular formula is AlBiHfO7Zr. The third kappa shape index (κ3) is 183. The fourth-order valence-electron chi connectivity index (χ4n) is 0. The van der Waals surface area contributed by atoms with Crippen molar-refractivity contribution in [2.45, 2.75) is 0 Å². The van der Waals surface area contributed by atoms with Gasteiger partial charge in [-0.25, -0.2) is 0 Å². The van der Waals surface area contributed by atoms with E-state index in [0.29, 0.717) is 0 Å². The predicted molar refractivity (Wildman–Crippen MR) is 16.3 cm³/mol. The van der Waals surface area contributed by atoms with Gasteiger partial charge in [-0.1, -0.05) is 0 Å². The van der Waals surface area contributed by atoms with Crippen LogP contribution in [0.3, 0.4) is 0 Å². The Morgan fingerprint density at radius 2 is 0.455 bits per heavy atom. The first-order valence-corrected chi connectivity index (χ1v) is 0. The Bertz CT molecular complexity index is 18.4. The van der Waals surface area contributed by atoms with Gasteiger partial charge in [-0.3, -0.25) is 0 Å². The Labute approximate surface area is 132 Å². The third-order valence-electron chi connectivity index (χ3n) is 0. The molecule has 0 aromatic rings. The van der Waals surface area contributed by atoms with Crippen molar-refractivity contribution < 1.29 is 90.4 Å². The van der Waals surface area contributed by atoms with Crippen molar-refractivity contribution in [3.8, 4) is 0 Å². The molecule has 0 rings (SSSR count). The van der Waals surface area contributed by atoms with E-state index in [9.17, 15) is 0 Å². The molecule has 0 spiro atoms. The molecule has 0 aliphatic carbocycles. The van der Waals surface area contributed by atoms with Crippen molar-refractivity contribution in [3.63, 3.8) is 0 Å². The van der Waals surface area contributed by atoms with E-state index in [1.54, 1.807) is 0 Å². The van der Waals surface area contributed by atoms with Gasteiger partial charge < -0.3 is 38.3 Å². The molecule has 2 radical (unpaired) electrons. The van der Waals surface area contributed by atoms with Crippen LogP contribution in [0.2, 0.25) is 0 Å². The van der Waals surface area contributed by atoms with Crippen LogP contribution in [-0.2, 0) is 90.4 Å². The molecule has 0 aromatic heterocycles. The van der Waals surface area contributed by atoms with Gasteiger partial charge in [0, 0.05) is 0 Å². The maximum absolute atomic E-state index is 0. The molecule has 0 N–H and O–H groups in total. The molecule has 0 bridgehead atoms. The summed E-state index contributed by atoms with van der Waals surface area (Å²) in [6.07, 6.45) is 0. The zero-order valence-electron chi connectivity index (χ0n) is 4.88. The minimum absolute atomic E-state index is 0. The van der Waals surface area contributed by atoms with Gasteiger partial charge in [0.2, 0.25) is 0 Å². The molecule has 0 aliphatic rings. The molecule has 0 fully saturated rings. The zero-order valence-corrected chi connectivity index (χ0v) is 15.6. The normalized spacial score (nSPS) is 0. The van der Waals surface area contributed by atoms with E-state index in [1.165, 1.54) is 0 Å². The maximum atomic E-state index is 0. The first kappa shape index (κ1) is 276. The Morgan fingerprint density at radius 1 is 0.455 bits per heavy atom. The van der Waals surface area contributed by atoms with Crippen molar-refractivity contribution in [1.29, 1.82) is 0 Å². The molecule has 7 nitrogen and oxygen atoms in total. The van der Waals surface area contributed by atoms with Gasteiger partial charge in [0.1, 0.15) is 0 Å². The van der Waals surface area contributed by atoms with E-state index < -0.39 is 0 Å². The Kier molecular flexibility index (Phi) is 5490. The van der Waals surface area contributed by atoms with Crippen molar-refractivity contribution >= 4 is 43.6 Å². The fourth-order valence-corrected chi connectivity index (χ4v) is 0. The summed E-state index contributed by atoms with van der Waals surface area (Å²) < 4.78 is 0. The zero-order chi connectivity index (χ0) is 0. The van der Waals surface area contributed by atoms with Gasteiger partial charge in [-0.15, -0.1) is 0 Å². The Morgan fingerprint density at radius 3 is 0.455 bits per heavy atom. The van der Waals surface area contributed by atoms with E-state index in [0.717, 1.165) is 0 Å². The van der Waals surface area contributed by atoms with Gasteiger partial charge in [-0.2, -0.15) is 0 Å². The summed E-state index contributed by atoms with van der Waals surface area (Å²) in [5.74, 6) is 0. The van der Waals surface area contributed by atoms with E-state index in [2.05, 4.69) is 0 Å². The molecule has 0 heterocycles. The largest absolute Gasteiger partial charge is 4.00 e. The first-order valence-electron chi connectivity index (χ1n) is 0. The van der Waals surface area contributed by atoms with E-state index in [-0.39, 0.29) is 134 Å². The third-order valence-corrected chi connectivity index (χ3v) is 0. The summed E-state index contributed by atoms with van der Waals surface area (Å²) in [6.45, 7) is 0. The Balaban J connectivity index is 0. The van der Waals surface area contributed by atoms with Gasteiger partial charge >= 0.3 is 95.6 Å². The van der Waals surface area contributed by atoms with Crippen molar-refractivity contribution in [1.82, 2.24) is 0 Å². The van der Waals surface area contributed by atoms with E-state index in [1.807, 2.05) is 0 Å². The second-order valence-electron chi connectivity index (χ2n) is 0. The second kappa shape index (κ2) is 218. The van der Waals surface area contributed by atoms with Gasteiger partial charge in [0.05, 0.1) is 0 Å². The Hall–Kier alpha value is 2.89. The van der Waals surface area contributed by atoms with E-state index in [4.69, 9.17) is 0 Å². The molecule has 11 heavy (non-hydrogen) atoms. The monoisotopic (exact) mass is 618 g/mol. The minimum Gasteiger partial charge on any atom is -2.00 e. The van der Waals surface area contributed by atoms with Gasteiger partial charge in [0.15, 0.2) is 0 Å². The number of rotatable bonds is 0. The maximum Gasteiger partial charge on any atom is 4.00 e. The molecule has 0 saturated heterocycles. The van der Waals surface area contributed by atoms with Crippen LogP contribution in [0.25, 0.3) is 0 Å². The molecule has 58 valence electrons. The summed E-state index contributed by atoms with van der Waals surface area (Å²) in [7, 11) is 0. The molecule has 0 aromatic carbocycles. The summed E-state index contributed by atoms with van der Waals surface area (Å²) in [4.78, 5) is 0. The predicted octanol–water partition coefficient (Wildman–Crippen LogP) is -1.60. The van der Waals surface area contributed by atoms with Gasteiger partial charge in [-0.05, 0) is 0 Å². The molecular weight excluding hydrogens is 618 g/mol. The van der Waals surface area contributed by atoms with Crippen LogP contribution in [0.5, 0.6) is 0 Å². The van der Waals surface area contributed by atoms with Crippen molar-refractivity contribution in [2.24, 2.45) is 0 Å². The van der Waals surface area contributed by atoms with Crippen LogP contribution in [0, 0.1) is 0 Å². The summed E-state index contributed by atoms with van der Waals surface area (Å²) in [5.41, 5.74) is 0. The number of hydrogen-bond acceptors (Lipinski definition) is 0. The quantitative estimate of drug-likeness (QED) is 0.282. The van der Waals surface area contributed by atoms with Crippen LogP contribution in [0.1, 0.15) is 0 Å². The first-order chi connectivity index (χ1) is 0. The number of hydrogen-bond donors (Lipinski definition) is 0. The SMILES string of the molecule is [Al+3].[Bi+3].[Hf+4].[O-2].[O-2].[O-2].[O-2].[O-2].[O-2].[O-2].[Zr+4]. The second-order valence-corrected chi connectivity index (χ2v) is 0. The van der Waals surface area contributed by atoms with Crippen molar-refractivity contribution in [2.75, 3.05) is 0 Å². The van der Waals surface area contributed by atoms with Crippen LogP contribution in [0.4, 0.5) is 0 Å². The molecule has 0 amide bonds. The summed E-state index contributed by atoms with van der Waals surface area (Å²) >= 11 is 0. The molecule has 0 aliphatic heterocycles. The van der Waals surface area contributed by atoms with Gasteiger partial charge in [0.25, 0.3) is 0 Å². The van der Waals surface area contributed by atoms with Crippen LogP contribution in [0.15, 0.2) is 0 Å². The molecule has 0 atom stereocenters. The average molecular weight is 618 g/mol. The minimum atomic E-state index is 0. The van der Waals surface area contributed by atoms with Crippen LogP contribution < -0.4 is 0 Å². The molecule has 0 saturated carbocycles. The molecule has 11 heteroatoms. The topological polar surface area (TPSA) is 200 Å². The smallest absolute Gasteiger partial charge is 2.00 e. The fraction of sp³-hybridized carbons (Fsp3) is 0. The van der Waals surface area contributed by atoms with Crippen molar-refractivity contribution in [3.05, 3.63) is 0 Å². The van der Waals surface area contributed by atoms with Crippen LogP contribution in [-0.4, -0.2) is 43.6 Å². The molecule has 0 unspecified atom stereocenters. The summed E-state index contributed by atoms with van der Waals surface area (Å²) in [5, 5.41) is 0. The summed E-state index contributed by atoms with van der Waals surface area (Å²) in [6, 6.07) is 0. The van der Waals surface area contributed by atoms with E-state index >= 15 is 0 Å².